The molecular formula is C19H20O4. The van der Waals surface area contributed by atoms with Gasteiger partial charge in [-0.2, -0.15) is 0 Å². The van der Waals surface area contributed by atoms with Gasteiger partial charge in [0, 0.05) is 6.92 Å². The average Bonchev–Trinajstić information content (AvgIpc) is 2.55. The Kier molecular flexibility index (Phi) is 5.52. The van der Waals surface area contributed by atoms with Gasteiger partial charge in [0.2, 0.25) is 0 Å². The van der Waals surface area contributed by atoms with Crippen molar-refractivity contribution in [2.75, 3.05) is 0 Å². The van der Waals surface area contributed by atoms with Gasteiger partial charge in [0.15, 0.2) is 0 Å². The van der Waals surface area contributed by atoms with Gasteiger partial charge in [0.05, 0.1) is 11.7 Å². The van der Waals surface area contributed by atoms with Crippen LogP contribution in [0.25, 0.3) is 11.1 Å². The first-order valence-corrected chi connectivity index (χ1v) is 7.59. The summed E-state index contributed by atoms with van der Waals surface area (Å²) in [5.41, 5.74) is 2.35. The molecule has 0 fully saturated rings. The van der Waals surface area contributed by atoms with E-state index in [1.54, 1.807) is 24.3 Å². The first kappa shape index (κ1) is 16.7. The van der Waals surface area contributed by atoms with Crippen molar-refractivity contribution in [3.8, 4) is 16.9 Å². The van der Waals surface area contributed by atoms with Gasteiger partial charge in [-0.05, 0) is 48.7 Å². The minimum atomic E-state index is -0.354. The van der Waals surface area contributed by atoms with E-state index in [9.17, 15) is 9.59 Å². The van der Waals surface area contributed by atoms with Crippen LogP contribution in [-0.2, 0) is 9.53 Å². The second-order valence-electron chi connectivity index (χ2n) is 5.32. The molecule has 23 heavy (non-hydrogen) atoms. The minimum absolute atomic E-state index is 0.103. The van der Waals surface area contributed by atoms with Gasteiger partial charge in [-0.25, -0.2) is 4.79 Å². The van der Waals surface area contributed by atoms with Crippen LogP contribution in [0.2, 0.25) is 0 Å². The minimum Gasteiger partial charge on any atom is -0.459 e. The first-order chi connectivity index (χ1) is 11.0. The third kappa shape index (κ3) is 4.68. The molecule has 0 radical (unpaired) electrons. The molecule has 0 aliphatic rings. The van der Waals surface area contributed by atoms with E-state index >= 15 is 0 Å². The van der Waals surface area contributed by atoms with E-state index in [4.69, 9.17) is 9.47 Å². The van der Waals surface area contributed by atoms with Gasteiger partial charge in [0.25, 0.3) is 0 Å². The molecule has 0 aliphatic heterocycles. The predicted molar refractivity (Wildman–Crippen MR) is 88.4 cm³/mol. The van der Waals surface area contributed by atoms with Gasteiger partial charge < -0.3 is 9.47 Å². The van der Waals surface area contributed by atoms with E-state index < -0.39 is 0 Å². The van der Waals surface area contributed by atoms with Gasteiger partial charge in [0.1, 0.15) is 5.75 Å². The largest absolute Gasteiger partial charge is 0.459 e. The number of hydrogen-bond donors (Lipinski definition) is 0. The number of hydrogen-bond acceptors (Lipinski definition) is 4. The lowest BCUT2D eigenvalue weighted by Gasteiger charge is -2.11. The van der Waals surface area contributed by atoms with Crippen molar-refractivity contribution in [1.29, 1.82) is 0 Å². The molecule has 2 rings (SSSR count). The molecule has 0 bridgehead atoms. The van der Waals surface area contributed by atoms with E-state index in [2.05, 4.69) is 0 Å². The van der Waals surface area contributed by atoms with E-state index in [-0.39, 0.29) is 18.0 Å². The fourth-order valence-corrected chi connectivity index (χ4v) is 2.04. The third-order valence-corrected chi connectivity index (χ3v) is 3.43. The summed E-state index contributed by atoms with van der Waals surface area (Å²) >= 11 is 0. The molecule has 0 spiro atoms. The number of benzene rings is 2. The predicted octanol–water partition coefficient (Wildman–Crippen LogP) is 4.23. The Balaban J connectivity index is 2.19. The molecule has 4 nitrogen and oxygen atoms in total. The zero-order valence-corrected chi connectivity index (χ0v) is 13.5. The third-order valence-electron chi connectivity index (χ3n) is 3.43. The highest BCUT2D eigenvalue weighted by Gasteiger charge is 2.11. The fraction of sp³-hybridized carbons (Fsp3) is 0.263. The summed E-state index contributed by atoms with van der Waals surface area (Å²) in [6.07, 6.45) is 0.678. The Bertz CT molecular complexity index is 689. The fourth-order valence-electron chi connectivity index (χ4n) is 2.04. The van der Waals surface area contributed by atoms with E-state index in [1.807, 2.05) is 38.1 Å². The highest BCUT2D eigenvalue weighted by atomic mass is 16.5. The zero-order valence-electron chi connectivity index (χ0n) is 13.5. The van der Waals surface area contributed by atoms with E-state index in [1.165, 1.54) is 6.92 Å². The summed E-state index contributed by atoms with van der Waals surface area (Å²) in [5, 5.41) is 0. The molecule has 0 amide bonds. The maximum Gasteiger partial charge on any atom is 0.338 e. The molecule has 2 aromatic rings. The van der Waals surface area contributed by atoms with Gasteiger partial charge in [-0.3, -0.25) is 4.79 Å². The summed E-state index contributed by atoms with van der Waals surface area (Å²) in [5.74, 6) is -0.182. The Morgan fingerprint density at radius 2 is 1.74 bits per heavy atom. The van der Waals surface area contributed by atoms with Crippen LogP contribution in [0.15, 0.2) is 48.5 Å². The second kappa shape index (κ2) is 7.58. The van der Waals surface area contributed by atoms with Crippen LogP contribution in [-0.4, -0.2) is 18.0 Å². The van der Waals surface area contributed by atoms with Crippen molar-refractivity contribution in [2.24, 2.45) is 0 Å². The van der Waals surface area contributed by atoms with Crippen LogP contribution in [0.3, 0.4) is 0 Å². The zero-order chi connectivity index (χ0) is 16.8. The number of carbonyl (C=O) groups is 2. The molecule has 0 saturated heterocycles. The maximum atomic E-state index is 12.1. The topological polar surface area (TPSA) is 52.6 Å². The highest BCUT2D eigenvalue weighted by molar-refractivity contribution is 5.91. The van der Waals surface area contributed by atoms with Crippen molar-refractivity contribution in [3.63, 3.8) is 0 Å². The second-order valence-corrected chi connectivity index (χ2v) is 5.32. The molecule has 0 aliphatic carbocycles. The summed E-state index contributed by atoms with van der Waals surface area (Å²) in [6, 6.07) is 14.4. The van der Waals surface area contributed by atoms with Crippen LogP contribution in [0, 0.1) is 0 Å². The van der Waals surface area contributed by atoms with Crippen LogP contribution >= 0.6 is 0 Å². The van der Waals surface area contributed by atoms with E-state index in [0.717, 1.165) is 17.5 Å². The van der Waals surface area contributed by atoms with Gasteiger partial charge >= 0.3 is 11.9 Å². The monoisotopic (exact) mass is 312 g/mol. The standard InChI is InChI=1S/C19H20O4/c1-4-13(2)22-19(21)17-7-5-6-16(12-17)15-8-10-18(11-9-15)23-14(3)20/h5-13H,4H2,1-3H3/t13-/m0/s1. The molecular weight excluding hydrogens is 292 g/mol. The number of ether oxygens (including phenoxy) is 2. The Morgan fingerprint density at radius 1 is 1.04 bits per heavy atom. The average molecular weight is 312 g/mol. The van der Waals surface area contributed by atoms with Crippen LogP contribution in [0.5, 0.6) is 5.75 Å². The Labute approximate surface area is 136 Å². The Hall–Kier alpha value is -2.62. The quantitative estimate of drug-likeness (QED) is 0.612. The van der Waals surface area contributed by atoms with Crippen molar-refractivity contribution in [1.82, 2.24) is 0 Å². The molecule has 120 valence electrons. The molecule has 1 atom stereocenters. The van der Waals surface area contributed by atoms with E-state index in [0.29, 0.717) is 11.3 Å². The van der Waals surface area contributed by atoms with Gasteiger partial charge in [-0.1, -0.05) is 31.2 Å². The molecule has 2 aromatic carbocycles. The lowest BCUT2D eigenvalue weighted by Crippen LogP contribution is -2.13. The van der Waals surface area contributed by atoms with Gasteiger partial charge in [-0.15, -0.1) is 0 Å². The summed E-state index contributed by atoms with van der Waals surface area (Å²) in [4.78, 5) is 23.0. The molecule has 4 heteroatoms. The van der Waals surface area contributed by atoms with Crippen LogP contribution in [0.1, 0.15) is 37.6 Å². The number of rotatable bonds is 5. The van der Waals surface area contributed by atoms with Crippen molar-refractivity contribution < 1.29 is 19.1 Å². The number of esters is 2. The molecule has 0 aromatic heterocycles. The van der Waals surface area contributed by atoms with Crippen molar-refractivity contribution in [2.45, 2.75) is 33.3 Å². The SMILES string of the molecule is CC[C@H](C)OC(=O)c1cccc(-c2ccc(OC(C)=O)cc2)c1. The summed E-state index contributed by atoms with van der Waals surface area (Å²) in [7, 11) is 0. The maximum absolute atomic E-state index is 12.1. The Morgan fingerprint density at radius 3 is 2.35 bits per heavy atom. The molecule has 0 unspecified atom stereocenters. The molecule has 0 N–H and O–H groups in total. The first-order valence-electron chi connectivity index (χ1n) is 7.59. The lowest BCUT2D eigenvalue weighted by molar-refractivity contribution is -0.131. The van der Waals surface area contributed by atoms with Crippen molar-refractivity contribution in [3.05, 3.63) is 54.1 Å². The highest BCUT2D eigenvalue weighted by Crippen LogP contribution is 2.24. The molecule has 0 heterocycles. The van der Waals surface area contributed by atoms with Crippen LogP contribution in [0.4, 0.5) is 0 Å². The summed E-state index contributed by atoms with van der Waals surface area (Å²) < 4.78 is 10.4. The molecule has 0 saturated carbocycles. The smallest absolute Gasteiger partial charge is 0.338 e. The summed E-state index contributed by atoms with van der Waals surface area (Å²) in [6.45, 7) is 5.20. The lowest BCUT2D eigenvalue weighted by atomic mass is 10.0. The normalized spacial score (nSPS) is 11.6. The van der Waals surface area contributed by atoms with Crippen molar-refractivity contribution >= 4 is 11.9 Å². The number of carbonyl (C=O) groups excluding carboxylic acids is 2. The van der Waals surface area contributed by atoms with Crippen LogP contribution < -0.4 is 4.74 Å².